The molecule has 1 aliphatic rings. The first kappa shape index (κ1) is 11.7. The van der Waals surface area contributed by atoms with E-state index in [0.29, 0.717) is 12.0 Å². The van der Waals surface area contributed by atoms with Gasteiger partial charge in [-0.2, -0.15) is 0 Å². The van der Waals surface area contributed by atoms with E-state index >= 15 is 0 Å². The van der Waals surface area contributed by atoms with Gasteiger partial charge >= 0.3 is 0 Å². The molecule has 0 unspecified atom stereocenters. The van der Waals surface area contributed by atoms with Crippen molar-refractivity contribution < 1.29 is 9.47 Å². The third-order valence-corrected chi connectivity index (χ3v) is 2.73. The van der Waals surface area contributed by atoms with Gasteiger partial charge in [-0.1, -0.05) is 25.5 Å². The van der Waals surface area contributed by atoms with Gasteiger partial charge in [-0.05, 0) is 25.2 Å². The van der Waals surface area contributed by atoms with Crippen molar-refractivity contribution in [3.63, 3.8) is 0 Å². The van der Waals surface area contributed by atoms with Crippen LogP contribution in [0.5, 0.6) is 0 Å². The second kappa shape index (κ2) is 7.02. The van der Waals surface area contributed by atoms with Crippen LogP contribution in [-0.2, 0) is 9.47 Å². The predicted molar refractivity (Wildman–Crippen MR) is 58.4 cm³/mol. The first-order valence-electron chi connectivity index (χ1n) is 5.65. The summed E-state index contributed by atoms with van der Waals surface area (Å²) in [6, 6.07) is 0. The summed E-state index contributed by atoms with van der Waals surface area (Å²) in [5.74, 6) is 0.645. The first-order valence-corrected chi connectivity index (χ1v) is 5.65. The number of methoxy groups -OCH3 is 1. The van der Waals surface area contributed by atoms with Crippen molar-refractivity contribution in [2.24, 2.45) is 5.92 Å². The summed E-state index contributed by atoms with van der Waals surface area (Å²) in [5, 5.41) is 0. The third-order valence-electron chi connectivity index (χ3n) is 2.73. The number of rotatable bonds is 7. The zero-order chi connectivity index (χ0) is 10.2. The zero-order valence-corrected chi connectivity index (χ0v) is 9.37. The lowest BCUT2D eigenvalue weighted by molar-refractivity contribution is 0.0387. The van der Waals surface area contributed by atoms with E-state index in [1.165, 1.54) is 12.8 Å². The molecule has 1 rings (SSSR count). The predicted octanol–water partition coefficient (Wildman–Crippen LogP) is 2.78. The Morgan fingerprint density at radius 2 is 2.21 bits per heavy atom. The van der Waals surface area contributed by atoms with Crippen molar-refractivity contribution in [2.75, 3.05) is 20.3 Å². The molecule has 0 heterocycles. The highest BCUT2D eigenvalue weighted by molar-refractivity contribution is 5.02. The normalized spacial score (nSPS) is 25.9. The fourth-order valence-electron chi connectivity index (χ4n) is 1.79. The summed E-state index contributed by atoms with van der Waals surface area (Å²) in [6.07, 6.45) is 9.42. The molecule has 0 saturated carbocycles. The van der Waals surface area contributed by atoms with Crippen molar-refractivity contribution in [3.05, 3.63) is 12.2 Å². The molecule has 2 heteroatoms. The SMILES string of the molecule is CCCCO[C@@H]1C=CC[C@@H]1CCOC. The number of hydrogen-bond donors (Lipinski definition) is 0. The molecule has 82 valence electrons. The van der Waals surface area contributed by atoms with Crippen molar-refractivity contribution in [2.45, 2.75) is 38.7 Å². The Morgan fingerprint density at radius 3 is 2.93 bits per heavy atom. The molecule has 2 nitrogen and oxygen atoms in total. The summed E-state index contributed by atoms with van der Waals surface area (Å²) < 4.78 is 10.9. The van der Waals surface area contributed by atoms with Crippen LogP contribution in [-0.4, -0.2) is 26.4 Å². The number of ether oxygens (including phenoxy) is 2. The van der Waals surface area contributed by atoms with Crippen LogP contribution in [0.1, 0.15) is 32.6 Å². The summed E-state index contributed by atoms with van der Waals surface area (Å²) in [5.41, 5.74) is 0. The van der Waals surface area contributed by atoms with Gasteiger partial charge in [-0.25, -0.2) is 0 Å². The smallest absolute Gasteiger partial charge is 0.0787 e. The van der Waals surface area contributed by atoms with Gasteiger partial charge in [0, 0.05) is 20.3 Å². The maximum absolute atomic E-state index is 5.81. The van der Waals surface area contributed by atoms with Crippen LogP contribution in [0.25, 0.3) is 0 Å². The van der Waals surface area contributed by atoms with E-state index < -0.39 is 0 Å². The van der Waals surface area contributed by atoms with Gasteiger partial charge in [-0.3, -0.25) is 0 Å². The summed E-state index contributed by atoms with van der Waals surface area (Å²) >= 11 is 0. The molecule has 2 atom stereocenters. The molecule has 0 aromatic rings. The van der Waals surface area contributed by atoms with Crippen molar-refractivity contribution in [1.82, 2.24) is 0 Å². The molecule has 0 N–H and O–H groups in total. The van der Waals surface area contributed by atoms with Crippen molar-refractivity contribution >= 4 is 0 Å². The Bertz CT molecular complexity index is 166. The van der Waals surface area contributed by atoms with Gasteiger partial charge in [0.1, 0.15) is 0 Å². The number of allylic oxidation sites excluding steroid dienone is 1. The largest absolute Gasteiger partial charge is 0.385 e. The van der Waals surface area contributed by atoms with Crippen molar-refractivity contribution in [3.8, 4) is 0 Å². The van der Waals surface area contributed by atoms with E-state index in [1.807, 2.05) is 0 Å². The molecule has 1 aliphatic carbocycles. The Balaban J connectivity index is 2.17. The Hall–Kier alpha value is -0.340. The van der Waals surface area contributed by atoms with Crippen LogP contribution in [0.15, 0.2) is 12.2 Å². The molecule has 0 radical (unpaired) electrons. The van der Waals surface area contributed by atoms with E-state index in [0.717, 1.165) is 26.1 Å². The van der Waals surface area contributed by atoms with Gasteiger partial charge in [0.2, 0.25) is 0 Å². The number of hydrogen-bond acceptors (Lipinski definition) is 2. The quantitative estimate of drug-likeness (QED) is 0.462. The van der Waals surface area contributed by atoms with Gasteiger partial charge < -0.3 is 9.47 Å². The molecule has 0 fully saturated rings. The van der Waals surface area contributed by atoms with Crippen molar-refractivity contribution in [1.29, 1.82) is 0 Å². The molecule has 0 aromatic heterocycles. The average Bonchev–Trinajstić information content (AvgIpc) is 2.63. The molecule has 0 amide bonds. The number of unbranched alkanes of at least 4 members (excludes halogenated alkanes) is 1. The maximum atomic E-state index is 5.81. The van der Waals surface area contributed by atoms with Crippen LogP contribution in [0.3, 0.4) is 0 Å². The van der Waals surface area contributed by atoms with E-state index in [1.54, 1.807) is 7.11 Å². The van der Waals surface area contributed by atoms with Crippen LogP contribution < -0.4 is 0 Å². The minimum atomic E-state index is 0.344. The standard InChI is InChI=1S/C12H22O2/c1-3-4-9-14-12-7-5-6-11(12)8-10-13-2/h5,7,11-12H,3-4,6,8-10H2,1-2H3/t11-,12-/m1/s1. The lowest BCUT2D eigenvalue weighted by Crippen LogP contribution is -2.20. The second-order valence-electron chi connectivity index (χ2n) is 3.89. The monoisotopic (exact) mass is 198 g/mol. The lowest BCUT2D eigenvalue weighted by atomic mass is 10.0. The first-order chi connectivity index (χ1) is 6.88. The minimum absolute atomic E-state index is 0.344. The van der Waals surface area contributed by atoms with Crippen LogP contribution in [0.2, 0.25) is 0 Å². The van der Waals surface area contributed by atoms with Crippen LogP contribution in [0.4, 0.5) is 0 Å². The van der Waals surface area contributed by atoms with Crippen LogP contribution >= 0.6 is 0 Å². The fraction of sp³-hybridized carbons (Fsp3) is 0.833. The van der Waals surface area contributed by atoms with Gasteiger partial charge in [0.05, 0.1) is 6.10 Å². The molecule has 14 heavy (non-hydrogen) atoms. The summed E-state index contributed by atoms with van der Waals surface area (Å²) in [4.78, 5) is 0. The average molecular weight is 198 g/mol. The van der Waals surface area contributed by atoms with E-state index in [2.05, 4.69) is 19.1 Å². The zero-order valence-electron chi connectivity index (χ0n) is 9.37. The molecule has 0 aliphatic heterocycles. The van der Waals surface area contributed by atoms with Gasteiger partial charge in [0.15, 0.2) is 0 Å². The second-order valence-corrected chi connectivity index (χ2v) is 3.89. The van der Waals surface area contributed by atoms with E-state index in [-0.39, 0.29) is 0 Å². The third kappa shape index (κ3) is 3.81. The topological polar surface area (TPSA) is 18.5 Å². The maximum Gasteiger partial charge on any atom is 0.0787 e. The highest BCUT2D eigenvalue weighted by atomic mass is 16.5. The molecule has 0 saturated heterocycles. The van der Waals surface area contributed by atoms with E-state index in [9.17, 15) is 0 Å². The van der Waals surface area contributed by atoms with E-state index in [4.69, 9.17) is 9.47 Å². The van der Waals surface area contributed by atoms with Gasteiger partial charge in [-0.15, -0.1) is 0 Å². The lowest BCUT2D eigenvalue weighted by Gasteiger charge is -2.19. The fourth-order valence-corrected chi connectivity index (χ4v) is 1.79. The van der Waals surface area contributed by atoms with Gasteiger partial charge in [0.25, 0.3) is 0 Å². The Kier molecular flexibility index (Phi) is 5.88. The summed E-state index contributed by atoms with van der Waals surface area (Å²) in [6.45, 7) is 3.94. The highest BCUT2D eigenvalue weighted by Gasteiger charge is 2.22. The molecular formula is C12H22O2. The molecular weight excluding hydrogens is 176 g/mol. The molecule has 0 spiro atoms. The molecule has 0 aromatic carbocycles. The summed E-state index contributed by atoms with van der Waals surface area (Å²) in [7, 11) is 1.76. The molecule has 0 bridgehead atoms. The highest BCUT2D eigenvalue weighted by Crippen LogP contribution is 2.25. The Labute approximate surface area is 87.3 Å². The Morgan fingerprint density at radius 1 is 1.36 bits per heavy atom. The van der Waals surface area contributed by atoms with Crippen LogP contribution in [0, 0.1) is 5.92 Å². The minimum Gasteiger partial charge on any atom is -0.385 e.